The highest BCUT2D eigenvalue weighted by atomic mass is 16.7. The van der Waals surface area contributed by atoms with Gasteiger partial charge in [0, 0.05) is 37.3 Å². The van der Waals surface area contributed by atoms with Crippen LogP contribution in [0.4, 0.5) is 5.69 Å². The molecule has 0 aliphatic carbocycles. The van der Waals surface area contributed by atoms with Gasteiger partial charge in [-0.05, 0) is 31.5 Å². The van der Waals surface area contributed by atoms with E-state index in [-0.39, 0.29) is 12.7 Å². The molecule has 0 unspecified atom stereocenters. The molecule has 2 aromatic carbocycles. The lowest BCUT2D eigenvalue weighted by Crippen LogP contribution is -2.33. The number of benzene rings is 2. The second-order valence-electron chi connectivity index (χ2n) is 6.42. The number of anilines is 1. The number of nitrogens with zero attached hydrogens (tertiary/aromatic N) is 1. The standard InChI is InChI=1S/C20H24N2O3/c1-15(2)22(13-16-6-4-3-5-7-16)11-10-20(23)21-17-8-9-18-19(12-17)25-14-24-18/h3-9,12,15H,10-11,13-14H2,1-2H3,(H,21,23). The van der Waals surface area contributed by atoms with Gasteiger partial charge in [0.25, 0.3) is 0 Å². The first-order valence-electron chi connectivity index (χ1n) is 8.59. The second kappa shape index (κ2) is 8.03. The topological polar surface area (TPSA) is 50.8 Å². The lowest BCUT2D eigenvalue weighted by molar-refractivity contribution is -0.116. The summed E-state index contributed by atoms with van der Waals surface area (Å²) >= 11 is 0. The molecular formula is C20H24N2O3. The molecule has 132 valence electrons. The number of carbonyl (C=O) groups excluding carboxylic acids is 1. The molecule has 1 N–H and O–H groups in total. The summed E-state index contributed by atoms with van der Waals surface area (Å²) in [6, 6.07) is 16.1. The van der Waals surface area contributed by atoms with Crippen molar-refractivity contribution in [3.05, 3.63) is 54.1 Å². The van der Waals surface area contributed by atoms with E-state index >= 15 is 0 Å². The van der Waals surface area contributed by atoms with E-state index in [0.717, 1.165) is 12.2 Å². The summed E-state index contributed by atoms with van der Waals surface area (Å²) in [6.07, 6.45) is 0.444. The van der Waals surface area contributed by atoms with E-state index in [1.165, 1.54) is 5.56 Å². The summed E-state index contributed by atoms with van der Waals surface area (Å²) in [6.45, 7) is 6.09. The third-order valence-corrected chi connectivity index (χ3v) is 4.24. The van der Waals surface area contributed by atoms with Crippen molar-refractivity contribution in [3.63, 3.8) is 0 Å². The zero-order chi connectivity index (χ0) is 17.6. The molecule has 5 heteroatoms. The maximum atomic E-state index is 12.3. The molecule has 3 rings (SSSR count). The van der Waals surface area contributed by atoms with Crippen molar-refractivity contribution in [2.24, 2.45) is 0 Å². The van der Waals surface area contributed by atoms with Crippen molar-refractivity contribution >= 4 is 11.6 Å². The highest BCUT2D eigenvalue weighted by Gasteiger charge is 2.15. The number of hydrogen-bond acceptors (Lipinski definition) is 4. The number of hydrogen-bond donors (Lipinski definition) is 1. The molecule has 0 saturated carbocycles. The predicted octanol–water partition coefficient (Wildman–Crippen LogP) is 3.65. The van der Waals surface area contributed by atoms with Gasteiger partial charge in [-0.2, -0.15) is 0 Å². The van der Waals surface area contributed by atoms with Gasteiger partial charge in [0.1, 0.15) is 0 Å². The fourth-order valence-electron chi connectivity index (χ4n) is 2.78. The van der Waals surface area contributed by atoms with Gasteiger partial charge < -0.3 is 14.8 Å². The smallest absolute Gasteiger partial charge is 0.231 e. The summed E-state index contributed by atoms with van der Waals surface area (Å²) in [5.41, 5.74) is 1.99. The van der Waals surface area contributed by atoms with Crippen molar-refractivity contribution in [2.75, 3.05) is 18.7 Å². The number of fused-ring (bicyclic) bond motifs is 1. The van der Waals surface area contributed by atoms with Crippen LogP contribution in [0, 0.1) is 0 Å². The Morgan fingerprint density at radius 2 is 1.88 bits per heavy atom. The molecule has 0 saturated heterocycles. The maximum Gasteiger partial charge on any atom is 0.231 e. The first kappa shape index (κ1) is 17.3. The number of rotatable bonds is 7. The average Bonchev–Trinajstić information content (AvgIpc) is 3.07. The van der Waals surface area contributed by atoms with E-state index in [2.05, 4.69) is 36.2 Å². The van der Waals surface area contributed by atoms with Gasteiger partial charge in [0.05, 0.1) is 0 Å². The number of amides is 1. The molecule has 0 radical (unpaired) electrons. The second-order valence-corrected chi connectivity index (χ2v) is 6.42. The first-order valence-corrected chi connectivity index (χ1v) is 8.59. The van der Waals surface area contributed by atoms with Crippen LogP contribution in [0.25, 0.3) is 0 Å². The van der Waals surface area contributed by atoms with E-state index in [9.17, 15) is 4.79 Å². The largest absolute Gasteiger partial charge is 0.454 e. The Bertz CT molecular complexity index is 716. The lowest BCUT2D eigenvalue weighted by atomic mass is 10.2. The predicted molar refractivity (Wildman–Crippen MR) is 97.8 cm³/mol. The van der Waals surface area contributed by atoms with Gasteiger partial charge in [0.15, 0.2) is 11.5 Å². The Morgan fingerprint density at radius 3 is 2.64 bits per heavy atom. The van der Waals surface area contributed by atoms with Gasteiger partial charge >= 0.3 is 0 Å². The molecule has 0 fully saturated rings. The van der Waals surface area contributed by atoms with Crippen LogP contribution in [0.2, 0.25) is 0 Å². The molecule has 5 nitrogen and oxygen atoms in total. The van der Waals surface area contributed by atoms with E-state index < -0.39 is 0 Å². The molecule has 0 aromatic heterocycles. The minimum Gasteiger partial charge on any atom is -0.454 e. The molecule has 0 bridgehead atoms. The lowest BCUT2D eigenvalue weighted by Gasteiger charge is -2.26. The Hall–Kier alpha value is -2.53. The van der Waals surface area contributed by atoms with E-state index in [0.29, 0.717) is 30.5 Å². The number of carbonyl (C=O) groups is 1. The van der Waals surface area contributed by atoms with Crippen LogP contribution in [0.15, 0.2) is 48.5 Å². The molecular weight excluding hydrogens is 316 g/mol. The normalized spacial score (nSPS) is 12.6. The highest BCUT2D eigenvalue weighted by Crippen LogP contribution is 2.34. The fraction of sp³-hybridized carbons (Fsp3) is 0.350. The van der Waals surface area contributed by atoms with Gasteiger partial charge in [-0.25, -0.2) is 0 Å². The maximum absolute atomic E-state index is 12.3. The van der Waals surface area contributed by atoms with Crippen LogP contribution >= 0.6 is 0 Å². The Morgan fingerprint density at radius 1 is 1.12 bits per heavy atom. The molecule has 25 heavy (non-hydrogen) atoms. The molecule has 1 aliphatic rings. The minimum absolute atomic E-state index is 0.00224. The van der Waals surface area contributed by atoms with Gasteiger partial charge in [-0.15, -0.1) is 0 Å². The van der Waals surface area contributed by atoms with E-state index in [1.807, 2.05) is 30.3 Å². The van der Waals surface area contributed by atoms with Crippen LogP contribution in [0.3, 0.4) is 0 Å². The number of ether oxygens (including phenoxy) is 2. The summed E-state index contributed by atoms with van der Waals surface area (Å²) in [7, 11) is 0. The van der Waals surface area contributed by atoms with Gasteiger partial charge in [0.2, 0.25) is 12.7 Å². The Labute approximate surface area is 148 Å². The fourth-order valence-corrected chi connectivity index (χ4v) is 2.78. The molecule has 1 amide bonds. The summed E-state index contributed by atoms with van der Waals surface area (Å²) < 4.78 is 10.6. The van der Waals surface area contributed by atoms with Crippen molar-refractivity contribution in [3.8, 4) is 11.5 Å². The van der Waals surface area contributed by atoms with Crippen molar-refractivity contribution < 1.29 is 14.3 Å². The summed E-state index contributed by atoms with van der Waals surface area (Å²) in [5, 5.41) is 2.93. The van der Waals surface area contributed by atoms with Crippen molar-refractivity contribution in [1.29, 1.82) is 0 Å². The third kappa shape index (κ3) is 4.73. The van der Waals surface area contributed by atoms with Crippen LogP contribution in [-0.2, 0) is 11.3 Å². The molecule has 2 aromatic rings. The van der Waals surface area contributed by atoms with Crippen LogP contribution in [-0.4, -0.2) is 30.2 Å². The quantitative estimate of drug-likeness (QED) is 0.836. The van der Waals surface area contributed by atoms with Crippen LogP contribution < -0.4 is 14.8 Å². The number of nitrogens with one attached hydrogen (secondary N) is 1. The zero-order valence-corrected chi connectivity index (χ0v) is 14.7. The van der Waals surface area contributed by atoms with Gasteiger partial charge in [-0.3, -0.25) is 9.69 Å². The third-order valence-electron chi connectivity index (χ3n) is 4.24. The van der Waals surface area contributed by atoms with Crippen LogP contribution in [0.5, 0.6) is 11.5 Å². The van der Waals surface area contributed by atoms with Crippen LogP contribution in [0.1, 0.15) is 25.8 Å². The molecule has 1 aliphatic heterocycles. The van der Waals surface area contributed by atoms with Crippen molar-refractivity contribution in [2.45, 2.75) is 32.9 Å². The van der Waals surface area contributed by atoms with E-state index in [4.69, 9.17) is 9.47 Å². The van der Waals surface area contributed by atoms with E-state index in [1.54, 1.807) is 6.07 Å². The molecule has 0 atom stereocenters. The highest BCUT2D eigenvalue weighted by molar-refractivity contribution is 5.91. The summed E-state index contributed by atoms with van der Waals surface area (Å²) in [4.78, 5) is 14.6. The minimum atomic E-state index is -0.00224. The average molecular weight is 340 g/mol. The summed E-state index contributed by atoms with van der Waals surface area (Å²) in [5.74, 6) is 1.38. The Balaban J connectivity index is 1.53. The Kier molecular flexibility index (Phi) is 5.56. The molecule has 0 spiro atoms. The zero-order valence-electron chi connectivity index (χ0n) is 14.7. The molecule has 1 heterocycles. The SMILES string of the molecule is CC(C)N(CCC(=O)Nc1ccc2c(c1)OCO2)Cc1ccccc1. The monoisotopic (exact) mass is 340 g/mol. The van der Waals surface area contributed by atoms with Gasteiger partial charge in [-0.1, -0.05) is 30.3 Å². The van der Waals surface area contributed by atoms with Crippen molar-refractivity contribution in [1.82, 2.24) is 4.90 Å². The first-order chi connectivity index (χ1) is 12.1.